The summed E-state index contributed by atoms with van der Waals surface area (Å²) < 4.78 is 6.39. The Morgan fingerprint density at radius 1 is 0.864 bits per heavy atom. The fraction of sp³-hybridized carbons (Fsp3) is 0.143. The first-order chi connectivity index (χ1) is 10.3. The van der Waals surface area contributed by atoms with E-state index in [1.807, 2.05) is 0 Å². The highest BCUT2D eigenvalue weighted by Crippen LogP contribution is 2.46. The van der Waals surface area contributed by atoms with Gasteiger partial charge < -0.3 is 25.2 Å². The van der Waals surface area contributed by atoms with E-state index in [1.54, 1.807) is 0 Å². The van der Waals surface area contributed by atoms with Crippen molar-refractivity contribution in [2.75, 3.05) is 7.11 Å². The summed E-state index contributed by atoms with van der Waals surface area (Å²) in [4.78, 5) is 0. The van der Waals surface area contributed by atoms with Crippen LogP contribution in [0.3, 0.4) is 0 Å². The average molecular weight is 499 g/mol. The van der Waals surface area contributed by atoms with E-state index in [4.69, 9.17) is 4.74 Å². The molecule has 0 radical (unpaired) electrons. The minimum absolute atomic E-state index is 0.268. The smallest absolute Gasteiger partial charge is 0.173 e. The normalized spacial score (nSPS) is 10.7. The molecule has 0 amide bonds. The highest BCUT2D eigenvalue weighted by molar-refractivity contribution is 9.13. The number of hydrogen-bond donors (Lipinski definition) is 4. The zero-order valence-electron chi connectivity index (χ0n) is 11.2. The van der Waals surface area contributed by atoms with Crippen molar-refractivity contribution in [3.63, 3.8) is 0 Å². The van der Waals surface area contributed by atoms with E-state index in [9.17, 15) is 20.4 Å². The van der Waals surface area contributed by atoms with Crippen molar-refractivity contribution >= 4 is 47.8 Å². The molecule has 0 saturated heterocycles. The molecule has 2 aromatic carbocycles. The van der Waals surface area contributed by atoms with Gasteiger partial charge in [-0.1, -0.05) is 0 Å². The topological polar surface area (TPSA) is 90.2 Å². The van der Waals surface area contributed by atoms with Crippen molar-refractivity contribution in [2.24, 2.45) is 0 Å². The predicted molar refractivity (Wildman–Crippen MR) is 92.0 cm³/mol. The van der Waals surface area contributed by atoms with E-state index in [0.717, 1.165) is 0 Å². The minimum Gasteiger partial charge on any atom is -0.504 e. The molecule has 0 atom stereocenters. The van der Waals surface area contributed by atoms with Crippen LogP contribution in [0.15, 0.2) is 25.6 Å². The first-order valence-electron chi connectivity index (χ1n) is 5.94. The molecule has 0 bridgehead atoms. The SMILES string of the molecule is COc1cc(O)c(O)c(Br)c1Cc1cc(O)c(O)c(Br)c1Br. The molecule has 5 nitrogen and oxygen atoms in total. The van der Waals surface area contributed by atoms with Crippen LogP contribution in [0.2, 0.25) is 0 Å². The molecule has 4 N–H and O–H groups in total. The lowest BCUT2D eigenvalue weighted by Gasteiger charge is -2.15. The van der Waals surface area contributed by atoms with Gasteiger partial charge in [0.05, 0.1) is 16.1 Å². The molecule has 118 valence electrons. The molecule has 0 aliphatic carbocycles. The summed E-state index contributed by atoms with van der Waals surface area (Å²) in [6.45, 7) is 0. The number of phenolic OH excluding ortho intramolecular Hbond substituents is 4. The quantitative estimate of drug-likeness (QED) is 0.471. The maximum absolute atomic E-state index is 9.84. The minimum atomic E-state index is -0.304. The molecule has 0 heterocycles. The van der Waals surface area contributed by atoms with E-state index >= 15 is 0 Å². The molecule has 2 rings (SSSR count). The van der Waals surface area contributed by atoms with E-state index in [0.29, 0.717) is 30.3 Å². The summed E-state index contributed by atoms with van der Waals surface area (Å²) >= 11 is 9.75. The van der Waals surface area contributed by atoms with Crippen LogP contribution >= 0.6 is 47.8 Å². The number of halogens is 3. The second-order valence-corrected chi connectivity index (χ2v) is 6.83. The lowest BCUT2D eigenvalue weighted by atomic mass is 10.0. The molecule has 22 heavy (non-hydrogen) atoms. The lowest BCUT2D eigenvalue weighted by Crippen LogP contribution is -1.97. The Bertz CT molecular complexity index is 746. The maximum Gasteiger partial charge on any atom is 0.173 e. The predicted octanol–water partition coefficient (Wildman–Crippen LogP) is 4.40. The van der Waals surface area contributed by atoms with E-state index in [-0.39, 0.29) is 29.4 Å². The summed E-state index contributed by atoms with van der Waals surface area (Å²) in [6, 6.07) is 2.71. The molecule has 8 heteroatoms. The second-order valence-electron chi connectivity index (χ2n) is 4.45. The molecule has 0 fully saturated rings. The number of phenols is 4. The van der Waals surface area contributed by atoms with Crippen molar-refractivity contribution in [3.05, 3.63) is 36.7 Å². The first kappa shape index (κ1) is 17.2. The van der Waals surface area contributed by atoms with Crippen molar-refractivity contribution < 1.29 is 25.2 Å². The number of rotatable bonds is 3. The van der Waals surface area contributed by atoms with Gasteiger partial charge in [0.1, 0.15) is 5.75 Å². The summed E-state index contributed by atoms with van der Waals surface area (Å²) in [5, 5.41) is 38.9. The molecule has 0 unspecified atom stereocenters. The Labute approximate surface area is 151 Å². The summed E-state index contributed by atoms with van der Waals surface area (Å²) in [7, 11) is 1.45. The van der Waals surface area contributed by atoms with Gasteiger partial charge in [0.2, 0.25) is 0 Å². The van der Waals surface area contributed by atoms with Crippen LogP contribution in [0.5, 0.6) is 28.7 Å². The van der Waals surface area contributed by atoms with Crippen LogP contribution in [0, 0.1) is 0 Å². The van der Waals surface area contributed by atoms with E-state index in [2.05, 4.69) is 47.8 Å². The van der Waals surface area contributed by atoms with E-state index in [1.165, 1.54) is 19.2 Å². The Morgan fingerprint density at radius 3 is 2.00 bits per heavy atom. The van der Waals surface area contributed by atoms with Gasteiger partial charge in [0.15, 0.2) is 23.0 Å². The molecule has 0 spiro atoms. The third-order valence-electron chi connectivity index (χ3n) is 3.10. The van der Waals surface area contributed by atoms with Gasteiger partial charge in [-0.05, 0) is 59.4 Å². The van der Waals surface area contributed by atoms with Gasteiger partial charge in [0.25, 0.3) is 0 Å². The summed E-state index contributed by atoms with van der Waals surface area (Å²) in [5.41, 5.74) is 1.22. The molecule has 0 aliphatic rings. The van der Waals surface area contributed by atoms with Crippen molar-refractivity contribution in [3.8, 4) is 28.7 Å². The van der Waals surface area contributed by atoms with Crippen LogP contribution in [-0.4, -0.2) is 27.5 Å². The Hall–Kier alpha value is -1.12. The summed E-state index contributed by atoms with van der Waals surface area (Å²) in [5.74, 6) is -0.772. The molecule has 0 aromatic heterocycles. The van der Waals surface area contributed by atoms with Gasteiger partial charge in [-0.2, -0.15) is 0 Å². The monoisotopic (exact) mass is 496 g/mol. The van der Waals surface area contributed by atoms with Crippen LogP contribution in [0.1, 0.15) is 11.1 Å². The highest BCUT2D eigenvalue weighted by Gasteiger charge is 2.20. The Balaban J connectivity index is 2.59. The molecule has 2 aromatic rings. The standard InChI is InChI=1S/C14H11Br3O5/c1-22-9-4-8(19)13(20)11(16)6(9)2-5-3-7(18)14(21)12(17)10(5)15/h3-4,18-21H,2H2,1H3. The molecular weight excluding hydrogens is 488 g/mol. The highest BCUT2D eigenvalue weighted by atomic mass is 79.9. The maximum atomic E-state index is 9.84. The van der Waals surface area contributed by atoms with Gasteiger partial charge in [-0.15, -0.1) is 0 Å². The van der Waals surface area contributed by atoms with Crippen LogP contribution in [-0.2, 0) is 6.42 Å². The van der Waals surface area contributed by atoms with Gasteiger partial charge in [-0.3, -0.25) is 0 Å². The zero-order chi connectivity index (χ0) is 16.6. The van der Waals surface area contributed by atoms with E-state index < -0.39 is 0 Å². The number of benzene rings is 2. The van der Waals surface area contributed by atoms with Gasteiger partial charge in [0, 0.05) is 22.5 Å². The fourth-order valence-corrected chi connectivity index (χ4v) is 3.40. The molecular formula is C14H11Br3O5. The number of hydrogen-bond acceptors (Lipinski definition) is 5. The fourth-order valence-electron chi connectivity index (χ4n) is 1.96. The molecule has 0 saturated carbocycles. The van der Waals surface area contributed by atoms with Crippen molar-refractivity contribution in [2.45, 2.75) is 6.42 Å². The largest absolute Gasteiger partial charge is 0.504 e. The first-order valence-corrected chi connectivity index (χ1v) is 8.31. The van der Waals surface area contributed by atoms with Crippen LogP contribution in [0.4, 0.5) is 0 Å². The Morgan fingerprint density at radius 2 is 1.41 bits per heavy atom. The third kappa shape index (κ3) is 3.00. The van der Waals surface area contributed by atoms with Gasteiger partial charge in [-0.25, -0.2) is 0 Å². The van der Waals surface area contributed by atoms with Crippen molar-refractivity contribution in [1.29, 1.82) is 0 Å². The number of methoxy groups -OCH3 is 1. The number of ether oxygens (including phenoxy) is 1. The second kappa shape index (κ2) is 6.55. The molecule has 0 aliphatic heterocycles. The summed E-state index contributed by atoms with van der Waals surface area (Å²) in [6.07, 6.45) is 0.268. The van der Waals surface area contributed by atoms with Crippen LogP contribution in [0.25, 0.3) is 0 Å². The number of aromatic hydroxyl groups is 4. The third-order valence-corrected chi connectivity index (χ3v) is 6.17. The van der Waals surface area contributed by atoms with Crippen molar-refractivity contribution in [1.82, 2.24) is 0 Å². The van der Waals surface area contributed by atoms with Crippen LogP contribution < -0.4 is 4.74 Å². The lowest BCUT2D eigenvalue weighted by molar-refractivity contribution is 0.381. The Kier molecular flexibility index (Phi) is 5.14. The average Bonchev–Trinajstić information content (AvgIpc) is 2.50. The van der Waals surface area contributed by atoms with Gasteiger partial charge >= 0.3 is 0 Å². The zero-order valence-corrected chi connectivity index (χ0v) is 16.0.